The third-order valence-electron chi connectivity index (χ3n) is 5.60. The maximum atomic E-state index is 13.0. The number of aryl methyl sites for hydroxylation is 1. The zero-order valence-corrected chi connectivity index (χ0v) is 17.8. The molecule has 1 aliphatic rings. The van der Waals surface area contributed by atoms with E-state index in [-0.39, 0.29) is 30.2 Å². The molecule has 3 heterocycles. The van der Waals surface area contributed by atoms with Crippen molar-refractivity contribution in [3.05, 3.63) is 89.0 Å². The van der Waals surface area contributed by atoms with E-state index in [9.17, 15) is 14.0 Å². The highest BCUT2D eigenvalue weighted by Gasteiger charge is 2.31. The molecular weight excluding hydrogens is 409 g/mol. The van der Waals surface area contributed by atoms with Gasteiger partial charge in [0.15, 0.2) is 5.82 Å². The zero-order chi connectivity index (χ0) is 22.5. The minimum atomic E-state index is -0.320. The van der Waals surface area contributed by atoms with Crippen LogP contribution in [0.5, 0.6) is 0 Å². The lowest BCUT2D eigenvalue weighted by Gasteiger charge is -2.35. The Hall–Kier alpha value is -3.68. The van der Waals surface area contributed by atoms with Gasteiger partial charge in [-0.25, -0.2) is 14.4 Å². The first kappa shape index (κ1) is 21.5. The van der Waals surface area contributed by atoms with Crippen molar-refractivity contribution in [3.8, 4) is 0 Å². The van der Waals surface area contributed by atoms with Crippen LogP contribution in [0, 0.1) is 12.7 Å². The van der Waals surface area contributed by atoms with E-state index in [1.807, 2.05) is 4.90 Å². The molecule has 0 spiro atoms. The van der Waals surface area contributed by atoms with Gasteiger partial charge in [-0.3, -0.25) is 14.6 Å². The fourth-order valence-electron chi connectivity index (χ4n) is 3.85. The van der Waals surface area contributed by atoms with Crippen molar-refractivity contribution in [2.45, 2.75) is 38.8 Å². The van der Waals surface area contributed by atoms with Crippen LogP contribution in [0.1, 0.15) is 63.1 Å². The van der Waals surface area contributed by atoms with Gasteiger partial charge in [-0.2, -0.15) is 0 Å². The summed E-state index contributed by atoms with van der Waals surface area (Å²) in [6, 6.07) is 9.13. The molecule has 1 saturated heterocycles. The summed E-state index contributed by atoms with van der Waals surface area (Å²) in [6.07, 6.45) is 7.40. The summed E-state index contributed by atoms with van der Waals surface area (Å²) in [7, 11) is 0. The van der Waals surface area contributed by atoms with Crippen LogP contribution in [-0.4, -0.2) is 38.2 Å². The number of pyridine rings is 1. The number of carbonyl (C=O) groups is 2. The number of amides is 2. The highest BCUT2D eigenvalue weighted by molar-refractivity contribution is 5.95. The molecule has 0 radical (unpaired) electrons. The Morgan fingerprint density at radius 3 is 2.59 bits per heavy atom. The van der Waals surface area contributed by atoms with Crippen LogP contribution in [-0.2, 0) is 6.54 Å². The molecule has 1 aromatic carbocycles. The lowest BCUT2D eigenvalue weighted by atomic mass is 10.00. The van der Waals surface area contributed by atoms with Crippen molar-refractivity contribution in [1.29, 1.82) is 0 Å². The number of hydrogen-bond donors (Lipinski definition) is 1. The first-order valence-electron chi connectivity index (χ1n) is 10.6. The van der Waals surface area contributed by atoms with Crippen LogP contribution in [0.4, 0.5) is 4.39 Å². The summed E-state index contributed by atoms with van der Waals surface area (Å²) in [5, 5.41) is 2.81. The van der Waals surface area contributed by atoms with E-state index in [0.29, 0.717) is 29.2 Å². The standard InChI is InChI=1S/C24H24FN5O2/c1-16-20(23(31)28-14-17-5-7-19(25)8-6-17)15-27-22(29-16)21-4-2-3-13-30(21)24(32)18-9-11-26-12-10-18/h5-12,15,21H,2-4,13-14H2,1H3,(H,28,31). The van der Waals surface area contributed by atoms with Crippen LogP contribution in [0.2, 0.25) is 0 Å². The zero-order valence-electron chi connectivity index (χ0n) is 17.8. The molecule has 0 aliphatic carbocycles. The van der Waals surface area contributed by atoms with Gasteiger partial charge < -0.3 is 10.2 Å². The number of halogens is 1. The highest BCUT2D eigenvalue weighted by atomic mass is 19.1. The summed E-state index contributed by atoms with van der Waals surface area (Å²) >= 11 is 0. The Morgan fingerprint density at radius 2 is 1.88 bits per heavy atom. The molecule has 0 bridgehead atoms. The molecule has 1 aliphatic heterocycles. The minimum absolute atomic E-state index is 0.0699. The largest absolute Gasteiger partial charge is 0.348 e. The maximum absolute atomic E-state index is 13.0. The van der Waals surface area contributed by atoms with Crippen LogP contribution in [0.3, 0.4) is 0 Å². The average molecular weight is 433 g/mol. The Balaban J connectivity index is 1.49. The molecule has 3 aromatic rings. The van der Waals surface area contributed by atoms with E-state index < -0.39 is 0 Å². The Morgan fingerprint density at radius 1 is 1.12 bits per heavy atom. The second kappa shape index (κ2) is 9.64. The molecule has 1 atom stereocenters. The van der Waals surface area contributed by atoms with Gasteiger partial charge >= 0.3 is 0 Å². The lowest BCUT2D eigenvalue weighted by molar-refractivity contribution is 0.0599. The van der Waals surface area contributed by atoms with Gasteiger partial charge in [0.2, 0.25) is 0 Å². The second-order valence-corrected chi connectivity index (χ2v) is 7.78. The molecule has 7 nitrogen and oxygen atoms in total. The quantitative estimate of drug-likeness (QED) is 0.664. The van der Waals surface area contributed by atoms with Crippen molar-refractivity contribution in [2.24, 2.45) is 0 Å². The number of piperidine rings is 1. The van der Waals surface area contributed by atoms with E-state index in [1.165, 1.54) is 18.3 Å². The number of aromatic nitrogens is 3. The predicted molar refractivity (Wildman–Crippen MR) is 116 cm³/mol. The molecule has 32 heavy (non-hydrogen) atoms. The third kappa shape index (κ3) is 4.80. The SMILES string of the molecule is Cc1nc(C2CCCCN2C(=O)c2ccncc2)ncc1C(=O)NCc1ccc(F)cc1. The number of rotatable bonds is 5. The topological polar surface area (TPSA) is 88.1 Å². The summed E-state index contributed by atoms with van der Waals surface area (Å²) in [5.41, 5.74) is 2.30. The van der Waals surface area contributed by atoms with Crippen molar-refractivity contribution < 1.29 is 14.0 Å². The second-order valence-electron chi connectivity index (χ2n) is 7.78. The number of likely N-dealkylation sites (tertiary alicyclic amines) is 1. The van der Waals surface area contributed by atoms with Crippen LogP contribution in [0.15, 0.2) is 55.0 Å². The molecule has 8 heteroatoms. The minimum Gasteiger partial charge on any atom is -0.348 e. The van der Waals surface area contributed by atoms with Gasteiger partial charge in [0.05, 0.1) is 17.3 Å². The van der Waals surface area contributed by atoms with Gasteiger partial charge in [0.1, 0.15) is 5.82 Å². The first-order chi connectivity index (χ1) is 15.5. The summed E-state index contributed by atoms with van der Waals surface area (Å²) in [5.74, 6) is -0.148. The molecule has 1 N–H and O–H groups in total. The fourth-order valence-corrected chi connectivity index (χ4v) is 3.85. The Bertz CT molecular complexity index is 1110. The number of hydrogen-bond acceptors (Lipinski definition) is 5. The van der Waals surface area contributed by atoms with E-state index in [0.717, 1.165) is 24.8 Å². The summed E-state index contributed by atoms with van der Waals surface area (Å²) < 4.78 is 13.0. The summed E-state index contributed by atoms with van der Waals surface area (Å²) in [4.78, 5) is 40.5. The fraction of sp³-hybridized carbons (Fsp3) is 0.292. The number of carbonyl (C=O) groups excluding carboxylic acids is 2. The molecule has 164 valence electrons. The van der Waals surface area contributed by atoms with E-state index in [2.05, 4.69) is 20.3 Å². The van der Waals surface area contributed by atoms with Crippen molar-refractivity contribution >= 4 is 11.8 Å². The lowest BCUT2D eigenvalue weighted by Crippen LogP contribution is -2.39. The van der Waals surface area contributed by atoms with Gasteiger partial charge in [-0.1, -0.05) is 12.1 Å². The monoisotopic (exact) mass is 433 g/mol. The van der Waals surface area contributed by atoms with Gasteiger partial charge in [0, 0.05) is 37.2 Å². The van der Waals surface area contributed by atoms with E-state index in [1.54, 1.807) is 43.6 Å². The molecule has 4 rings (SSSR count). The van der Waals surface area contributed by atoms with Gasteiger partial charge in [-0.05, 0) is 56.0 Å². The van der Waals surface area contributed by atoms with Crippen molar-refractivity contribution in [3.63, 3.8) is 0 Å². The highest BCUT2D eigenvalue weighted by Crippen LogP contribution is 2.30. The molecule has 1 unspecified atom stereocenters. The van der Waals surface area contributed by atoms with Crippen LogP contribution >= 0.6 is 0 Å². The Kier molecular flexibility index (Phi) is 6.49. The number of nitrogens with one attached hydrogen (secondary N) is 1. The van der Waals surface area contributed by atoms with Crippen LogP contribution < -0.4 is 5.32 Å². The van der Waals surface area contributed by atoms with Crippen molar-refractivity contribution in [1.82, 2.24) is 25.2 Å². The third-order valence-corrected chi connectivity index (χ3v) is 5.60. The molecular formula is C24H24FN5O2. The normalized spacial score (nSPS) is 15.9. The maximum Gasteiger partial charge on any atom is 0.254 e. The van der Waals surface area contributed by atoms with Crippen LogP contribution in [0.25, 0.3) is 0 Å². The van der Waals surface area contributed by atoms with E-state index >= 15 is 0 Å². The summed E-state index contributed by atoms with van der Waals surface area (Å²) in [6.45, 7) is 2.67. The smallest absolute Gasteiger partial charge is 0.254 e. The average Bonchev–Trinajstić information content (AvgIpc) is 2.83. The molecule has 2 amide bonds. The number of benzene rings is 1. The van der Waals surface area contributed by atoms with E-state index in [4.69, 9.17) is 0 Å². The van der Waals surface area contributed by atoms with Crippen molar-refractivity contribution in [2.75, 3.05) is 6.54 Å². The predicted octanol–water partition coefficient (Wildman–Crippen LogP) is 3.62. The Labute approximate surface area is 185 Å². The molecule has 0 saturated carbocycles. The van der Waals surface area contributed by atoms with Gasteiger partial charge in [-0.15, -0.1) is 0 Å². The van der Waals surface area contributed by atoms with Gasteiger partial charge in [0.25, 0.3) is 11.8 Å². The first-order valence-corrected chi connectivity index (χ1v) is 10.6. The molecule has 1 fully saturated rings. The number of nitrogens with zero attached hydrogens (tertiary/aromatic N) is 4. The molecule has 2 aromatic heterocycles.